The lowest BCUT2D eigenvalue weighted by Gasteiger charge is -2.16. The molecular weight excluding hydrogens is 116 g/mol. The topological polar surface area (TPSA) is 24.5 Å². The highest BCUT2D eigenvalue weighted by Gasteiger charge is 1.99. The minimum atomic E-state index is 0.642. The predicted molar refractivity (Wildman–Crippen MR) is 37.6 cm³/mol. The summed E-state index contributed by atoms with van der Waals surface area (Å²) in [6.45, 7) is 5.24. The van der Waals surface area contributed by atoms with Gasteiger partial charge in [0, 0.05) is 20.6 Å². The van der Waals surface area contributed by atoms with Gasteiger partial charge in [0.2, 0.25) is 0 Å². The minimum Gasteiger partial charge on any atom is -0.212 e. The van der Waals surface area contributed by atoms with Crippen LogP contribution in [0.4, 0.5) is 0 Å². The molecule has 0 fully saturated rings. The molecule has 0 aliphatic heterocycles. The van der Waals surface area contributed by atoms with Crippen molar-refractivity contribution in [2.45, 2.75) is 13.8 Å². The van der Waals surface area contributed by atoms with Crippen molar-refractivity contribution in [2.24, 2.45) is 5.92 Å². The molecule has 0 spiro atoms. The largest absolute Gasteiger partial charge is 0.212 e. The quantitative estimate of drug-likeness (QED) is 0.568. The van der Waals surface area contributed by atoms with Gasteiger partial charge in [0.25, 0.3) is 0 Å². The normalized spacial score (nSPS) is 11.3. The maximum atomic E-state index is 4.94. The summed E-state index contributed by atoms with van der Waals surface area (Å²) in [6, 6.07) is 0. The van der Waals surface area contributed by atoms with Crippen molar-refractivity contribution in [1.82, 2.24) is 10.5 Å². The Labute approximate surface area is 56.9 Å². The summed E-state index contributed by atoms with van der Waals surface area (Å²) in [4.78, 5) is 4.94. The van der Waals surface area contributed by atoms with Gasteiger partial charge in [-0.3, -0.25) is 0 Å². The van der Waals surface area contributed by atoms with E-state index in [0.29, 0.717) is 5.92 Å². The van der Waals surface area contributed by atoms with Crippen LogP contribution < -0.4 is 5.48 Å². The third-order valence-corrected chi connectivity index (χ3v) is 0.869. The molecule has 0 atom stereocenters. The molecule has 0 saturated carbocycles. The third kappa shape index (κ3) is 5.76. The molecule has 0 aromatic carbocycles. The SMILES string of the molecule is CNON(C)CC(C)C. The average molecular weight is 132 g/mol. The summed E-state index contributed by atoms with van der Waals surface area (Å²) in [5.41, 5.74) is 2.60. The Morgan fingerprint density at radius 1 is 1.56 bits per heavy atom. The monoisotopic (exact) mass is 132 g/mol. The maximum absolute atomic E-state index is 4.94. The van der Waals surface area contributed by atoms with E-state index >= 15 is 0 Å². The van der Waals surface area contributed by atoms with E-state index in [-0.39, 0.29) is 0 Å². The average Bonchev–Trinajstić information content (AvgIpc) is 1.63. The molecule has 0 unspecified atom stereocenters. The van der Waals surface area contributed by atoms with Crippen LogP contribution in [0.3, 0.4) is 0 Å². The van der Waals surface area contributed by atoms with E-state index in [1.165, 1.54) is 0 Å². The molecule has 3 nitrogen and oxygen atoms in total. The Balaban J connectivity index is 3.15. The van der Waals surface area contributed by atoms with Gasteiger partial charge in [-0.1, -0.05) is 13.8 Å². The minimum absolute atomic E-state index is 0.642. The van der Waals surface area contributed by atoms with Gasteiger partial charge in [0.05, 0.1) is 0 Å². The van der Waals surface area contributed by atoms with Crippen molar-refractivity contribution < 1.29 is 4.94 Å². The first-order valence-corrected chi connectivity index (χ1v) is 3.21. The van der Waals surface area contributed by atoms with Crippen LogP contribution in [0.1, 0.15) is 13.8 Å². The van der Waals surface area contributed by atoms with Crippen LogP contribution >= 0.6 is 0 Å². The zero-order chi connectivity index (χ0) is 7.28. The number of rotatable bonds is 4. The Hall–Kier alpha value is -0.120. The van der Waals surface area contributed by atoms with E-state index < -0.39 is 0 Å². The molecule has 0 amide bonds. The Morgan fingerprint density at radius 3 is 2.44 bits per heavy atom. The first-order chi connectivity index (χ1) is 4.16. The van der Waals surface area contributed by atoms with Crippen molar-refractivity contribution in [3.8, 4) is 0 Å². The summed E-state index contributed by atoms with van der Waals surface area (Å²) < 4.78 is 0. The second kappa shape index (κ2) is 4.73. The van der Waals surface area contributed by atoms with Crippen molar-refractivity contribution in [3.63, 3.8) is 0 Å². The van der Waals surface area contributed by atoms with E-state index in [0.717, 1.165) is 6.54 Å². The van der Waals surface area contributed by atoms with Gasteiger partial charge < -0.3 is 0 Å². The number of hydroxylamine groups is 3. The van der Waals surface area contributed by atoms with Crippen molar-refractivity contribution in [2.75, 3.05) is 20.6 Å². The fourth-order valence-electron chi connectivity index (χ4n) is 0.707. The molecule has 9 heavy (non-hydrogen) atoms. The smallest absolute Gasteiger partial charge is 0.0279 e. The van der Waals surface area contributed by atoms with Gasteiger partial charge in [0.15, 0.2) is 0 Å². The molecule has 0 saturated heterocycles. The van der Waals surface area contributed by atoms with Gasteiger partial charge in [-0.25, -0.2) is 4.94 Å². The van der Waals surface area contributed by atoms with Crippen molar-refractivity contribution >= 4 is 0 Å². The van der Waals surface area contributed by atoms with Gasteiger partial charge in [-0.15, -0.1) is 0 Å². The van der Waals surface area contributed by atoms with Gasteiger partial charge in [-0.05, 0) is 5.92 Å². The molecule has 0 radical (unpaired) electrons. The zero-order valence-electron chi connectivity index (χ0n) is 6.64. The number of hydrogen-bond acceptors (Lipinski definition) is 3. The molecule has 0 rings (SSSR count). The van der Waals surface area contributed by atoms with Crippen LogP contribution in [0.25, 0.3) is 0 Å². The molecular formula is C6H16N2O. The Bertz CT molecular complexity index is 66.1. The summed E-state index contributed by atoms with van der Waals surface area (Å²) in [5, 5.41) is 1.77. The van der Waals surface area contributed by atoms with Crippen LogP contribution in [0, 0.1) is 5.92 Å². The van der Waals surface area contributed by atoms with E-state index in [9.17, 15) is 0 Å². The second-order valence-corrected chi connectivity index (χ2v) is 2.50. The van der Waals surface area contributed by atoms with Gasteiger partial charge >= 0.3 is 0 Å². The summed E-state index contributed by atoms with van der Waals surface area (Å²) in [7, 11) is 3.65. The second-order valence-electron chi connectivity index (χ2n) is 2.50. The fraction of sp³-hybridized carbons (Fsp3) is 1.00. The van der Waals surface area contributed by atoms with E-state index in [1.807, 2.05) is 7.05 Å². The molecule has 0 aliphatic carbocycles. The van der Waals surface area contributed by atoms with Crippen LogP contribution in [-0.4, -0.2) is 25.7 Å². The molecule has 0 aliphatic rings. The van der Waals surface area contributed by atoms with Gasteiger partial charge in [-0.2, -0.15) is 10.5 Å². The predicted octanol–water partition coefficient (Wildman–Crippen LogP) is 0.640. The molecule has 56 valence electrons. The highest BCUT2D eigenvalue weighted by Crippen LogP contribution is 1.93. The zero-order valence-corrected chi connectivity index (χ0v) is 6.64. The Kier molecular flexibility index (Phi) is 4.67. The van der Waals surface area contributed by atoms with Crippen LogP contribution in [0.5, 0.6) is 0 Å². The van der Waals surface area contributed by atoms with Crippen molar-refractivity contribution in [1.29, 1.82) is 0 Å². The van der Waals surface area contributed by atoms with Crippen LogP contribution in [-0.2, 0) is 4.94 Å². The Morgan fingerprint density at radius 2 is 2.11 bits per heavy atom. The lowest BCUT2D eigenvalue weighted by Crippen LogP contribution is -2.28. The fourth-order valence-corrected chi connectivity index (χ4v) is 0.707. The number of hydrogen-bond donors (Lipinski definition) is 1. The van der Waals surface area contributed by atoms with Crippen LogP contribution in [0.15, 0.2) is 0 Å². The van der Waals surface area contributed by atoms with E-state index in [1.54, 1.807) is 12.1 Å². The molecule has 0 bridgehead atoms. The lowest BCUT2D eigenvalue weighted by atomic mass is 10.2. The van der Waals surface area contributed by atoms with Crippen LogP contribution in [0.2, 0.25) is 0 Å². The molecule has 0 aromatic heterocycles. The highest BCUT2D eigenvalue weighted by molar-refractivity contribution is 4.43. The van der Waals surface area contributed by atoms with E-state index in [4.69, 9.17) is 4.94 Å². The summed E-state index contributed by atoms with van der Waals surface area (Å²) >= 11 is 0. The van der Waals surface area contributed by atoms with Crippen molar-refractivity contribution in [3.05, 3.63) is 0 Å². The molecule has 0 heterocycles. The summed E-state index contributed by atoms with van der Waals surface area (Å²) in [5.74, 6) is 0.642. The molecule has 0 aromatic rings. The van der Waals surface area contributed by atoms with Gasteiger partial charge in [0.1, 0.15) is 0 Å². The lowest BCUT2D eigenvalue weighted by molar-refractivity contribution is -0.191. The summed E-state index contributed by atoms with van der Waals surface area (Å²) in [6.07, 6.45) is 0. The maximum Gasteiger partial charge on any atom is 0.0279 e. The first-order valence-electron chi connectivity index (χ1n) is 3.21. The standard InChI is InChI=1S/C6H16N2O/c1-6(2)5-8(4)9-7-3/h6-7H,5H2,1-4H3. The molecule has 3 heteroatoms. The highest BCUT2D eigenvalue weighted by atomic mass is 16.8. The van der Waals surface area contributed by atoms with E-state index in [2.05, 4.69) is 19.3 Å². The molecule has 1 N–H and O–H groups in total. The third-order valence-electron chi connectivity index (χ3n) is 0.869. The first kappa shape index (κ1) is 8.88. The number of nitrogens with zero attached hydrogens (tertiary/aromatic N) is 1. The number of nitrogens with one attached hydrogen (secondary N) is 1.